The van der Waals surface area contributed by atoms with E-state index >= 15 is 0 Å². The number of halogens is 3. The van der Waals surface area contributed by atoms with Gasteiger partial charge in [-0.3, -0.25) is 0 Å². The number of nitrogens with two attached hydrogens (primary N) is 4. The van der Waals surface area contributed by atoms with Crippen LogP contribution in [0.4, 0.5) is 23.5 Å². The molecule has 4 aromatic heterocycles. The van der Waals surface area contributed by atoms with Gasteiger partial charge in [0.25, 0.3) is 0 Å². The van der Waals surface area contributed by atoms with Crippen molar-refractivity contribution in [2.45, 2.75) is 39.5 Å². The summed E-state index contributed by atoms with van der Waals surface area (Å²) < 4.78 is 22.7. The molecule has 0 aliphatic carbocycles. The van der Waals surface area contributed by atoms with Crippen molar-refractivity contribution in [2.75, 3.05) is 37.2 Å². The zero-order valence-corrected chi connectivity index (χ0v) is 29.4. The fourth-order valence-electron chi connectivity index (χ4n) is 3.35. The second kappa shape index (κ2) is 17.0. The average molecular weight is 839 g/mol. The number of nitrogens with zero attached hydrogens (tertiary/aromatic N) is 6. The number of methoxy groups -OCH3 is 2. The maximum absolute atomic E-state index is 5.81. The van der Waals surface area contributed by atoms with Gasteiger partial charge in [0.05, 0.1) is 41.6 Å². The van der Waals surface area contributed by atoms with E-state index in [1.807, 2.05) is 33.8 Å². The standard InChI is InChI=1S/C13H16IN5O2.C13H17N5O2.ClI/c1-6(2)10-8(4-7(14)12(18-10)20-3)21-9-5-17-13(16)19-11(9)15;1-7(2)11-8(4-5-10(17-11)19-3)20-9-6-16-13(15)18-12(9)14;1-2/h4-6H,1-3H3,(H4,15,16,17,19);4-7H,1-3H3,(H4,14,15,16,18);. The highest BCUT2D eigenvalue weighted by atomic mass is 127. The lowest BCUT2D eigenvalue weighted by atomic mass is 10.1. The van der Waals surface area contributed by atoms with E-state index in [-0.39, 0.29) is 35.4 Å². The maximum Gasteiger partial charge on any atom is 0.227 e. The number of hydrogen-bond acceptors (Lipinski definition) is 14. The highest BCUT2D eigenvalue weighted by Gasteiger charge is 2.17. The molecule has 17 heteroatoms. The predicted octanol–water partition coefficient (Wildman–Crippen LogP) is 6.10. The van der Waals surface area contributed by atoms with Crippen LogP contribution in [0.1, 0.15) is 50.9 Å². The summed E-state index contributed by atoms with van der Waals surface area (Å²) in [5.74, 6) is 3.84. The fraction of sp³-hybridized carbons (Fsp3) is 0.308. The van der Waals surface area contributed by atoms with E-state index in [4.69, 9.17) is 41.9 Å². The van der Waals surface area contributed by atoms with E-state index in [1.165, 1.54) is 12.4 Å². The van der Waals surface area contributed by atoms with Gasteiger partial charge in [-0.25, -0.2) is 19.9 Å². The Bertz CT molecular complexity index is 1520. The summed E-state index contributed by atoms with van der Waals surface area (Å²) in [5, 5.41) is 0. The van der Waals surface area contributed by atoms with Crippen LogP contribution >= 0.6 is 53.0 Å². The number of aromatic nitrogens is 6. The zero-order valence-electron chi connectivity index (χ0n) is 24.3. The molecule has 4 aromatic rings. The Balaban J connectivity index is 0.000000284. The van der Waals surface area contributed by atoms with Crippen LogP contribution in [0.2, 0.25) is 0 Å². The quantitative estimate of drug-likeness (QED) is 0.148. The Labute approximate surface area is 280 Å². The number of pyridine rings is 2. The van der Waals surface area contributed by atoms with Crippen molar-refractivity contribution in [1.29, 1.82) is 0 Å². The number of rotatable bonds is 8. The van der Waals surface area contributed by atoms with Crippen LogP contribution in [-0.2, 0) is 0 Å². The van der Waals surface area contributed by atoms with Gasteiger partial charge in [0.15, 0.2) is 28.9 Å². The molecule has 0 bridgehead atoms. The molecule has 8 N–H and O–H groups in total. The summed E-state index contributed by atoms with van der Waals surface area (Å²) in [7, 11) is 7.76. The summed E-state index contributed by atoms with van der Waals surface area (Å²) >= 11 is 3.76. The van der Waals surface area contributed by atoms with Crippen LogP contribution in [0.15, 0.2) is 30.6 Å². The van der Waals surface area contributed by atoms with E-state index in [0.717, 1.165) is 15.0 Å². The van der Waals surface area contributed by atoms with Gasteiger partial charge in [-0.05, 0) is 49.4 Å². The van der Waals surface area contributed by atoms with E-state index in [2.05, 4.69) is 61.4 Å². The third-order valence-corrected chi connectivity index (χ3v) is 6.11. The third kappa shape index (κ3) is 10.1. The number of anilines is 4. The topological polar surface area (TPSA) is 218 Å². The van der Waals surface area contributed by atoms with Crippen molar-refractivity contribution in [3.05, 3.63) is 45.6 Å². The van der Waals surface area contributed by atoms with Crippen molar-refractivity contribution < 1.29 is 18.9 Å². The molecule has 4 rings (SSSR count). The molecule has 4 heterocycles. The molecule has 0 aromatic carbocycles. The van der Waals surface area contributed by atoms with Gasteiger partial charge in [-0.1, -0.05) is 27.7 Å². The normalized spacial score (nSPS) is 10.3. The van der Waals surface area contributed by atoms with Gasteiger partial charge in [-0.15, -0.1) is 0 Å². The van der Waals surface area contributed by atoms with Crippen molar-refractivity contribution in [3.63, 3.8) is 0 Å². The van der Waals surface area contributed by atoms with Crippen LogP contribution in [0.3, 0.4) is 0 Å². The van der Waals surface area contributed by atoms with Gasteiger partial charge >= 0.3 is 0 Å². The molecule has 0 spiro atoms. The first kappa shape index (κ1) is 35.8. The maximum atomic E-state index is 5.81. The lowest BCUT2D eigenvalue weighted by molar-refractivity contribution is 0.387. The molecule has 0 amide bonds. The first-order valence-corrected chi connectivity index (χ1v) is 16.3. The molecule has 43 heavy (non-hydrogen) atoms. The van der Waals surface area contributed by atoms with Crippen molar-refractivity contribution in [1.82, 2.24) is 29.9 Å². The van der Waals surface area contributed by atoms with Gasteiger partial charge in [0.1, 0.15) is 5.75 Å². The molecular formula is C26H33ClI2N10O4. The molecule has 0 aliphatic heterocycles. The zero-order chi connectivity index (χ0) is 32.3. The highest BCUT2D eigenvalue weighted by Crippen LogP contribution is 2.35. The second-order valence-corrected chi connectivity index (χ2v) is 10.2. The Hall–Kier alpha value is -3.39. The summed E-state index contributed by atoms with van der Waals surface area (Å²) in [6.45, 7) is 8.06. The average Bonchev–Trinajstić information content (AvgIpc) is 2.97. The van der Waals surface area contributed by atoms with Crippen molar-refractivity contribution in [2.24, 2.45) is 0 Å². The summed E-state index contributed by atoms with van der Waals surface area (Å²) in [6, 6.07) is 5.34. The SMILES string of the molecule is COc1ccc(Oc2cnc(N)nc2N)c(C(C)C)n1.COc1nc(C(C)C)c(Oc2cnc(N)nc2N)cc1I.ClI. The fourth-order valence-corrected chi connectivity index (χ4v) is 3.98. The first-order chi connectivity index (χ1) is 20.4. The highest BCUT2D eigenvalue weighted by molar-refractivity contribution is 14.1. The lowest BCUT2D eigenvalue weighted by Crippen LogP contribution is -2.05. The largest absolute Gasteiger partial charge is 0.481 e. The minimum absolute atomic E-state index is 0.103. The van der Waals surface area contributed by atoms with Crippen molar-refractivity contribution >= 4 is 76.5 Å². The number of hydrogen-bond donors (Lipinski definition) is 4. The number of nitrogen functional groups attached to an aromatic ring is 4. The van der Waals surface area contributed by atoms with Gasteiger partial charge in [0.2, 0.25) is 23.7 Å². The molecule has 0 unspecified atom stereocenters. The Morgan fingerprint density at radius 1 is 0.674 bits per heavy atom. The second-order valence-electron chi connectivity index (χ2n) is 9.07. The summed E-state index contributed by atoms with van der Waals surface area (Å²) in [5.41, 5.74) is 24.0. The van der Waals surface area contributed by atoms with Gasteiger partial charge in [-0.2, -0.15) is 9.97 Å². The minimum atomic E-state index is 0.103. The Kier molecular flexibility index (Phi) is 14.2. The third-order valence-electron chi connectivity index (χ3n) is 5.34. The van der Waals surface area contributed by atoms with Gasteiger partial charge < -0.3 is 41.9 Å². The summed E-state index contributed by atoms with van der Waals surface area (Å²) in [4.78, 5) is 24.3. The molecule has 0 fully saturated rings. The molecule has 0 atom stereocenters. The minimum Gasteiger partial charge on any atom is -0.481 e. The molecule has 0 saturated heterocycles. The van der Waals surface area contributed by atoms with Crippen LogP contribution in [-0.4, -0.2) is 44.1 Å². The van der Waals surface area contributed by atoms with E-state index in [9.17, 15) is 0 Å². The molecular weight excluding hydrogens is 806 g/mol. The van der Waals surface area contributed by atoms with Gasteiger partial charge in [0, 0.05) is 33.6 Å². The van der Waals surface area contributed by atoms with Crippen LogP contribution in [0.5, 0.6) is 34.8 Å². The van der Waals surface area contributed by atoms with Crippen LogP contribution in [0, 0.1) is 3.57 Å². The first-order valence-electron chi connectivity index (χ1n) is 12.5. The lowest BCUT2D eigenvalue weighted by Gasteiger charge is -2.15. The van der Waals surface area contributed by atoms with Crippen molar-refractivity contribution in [3.8, 4) is 34.8 Å². The van der Waals surface area contributed by atoms with E-state index < -0.39 is 0 Å². The Morgan fingerprint density at radius 2 is 1.16 bits per heavy atom. The monoisotopic (exact) mass is 838 g/mol. The van der Waals surface area contributed by atoms with Crippen LogP contribution in [0.25, 0.3) is 0 Å². The number of ether oxygens (including phenoxy) is 4. The molecule has 0 radical (unpaired) electrons. The molecule has 14 nitrogen and oxygen atoms in total. The van der Waals surface area contributed by atoms with Crippen LogP contribution < -0.4 is 41.9 Å². The predicted molar refractivity (Wildman–Crippen MR) is 184 cm³/mol. The smallest absolute Gasteiger partial charge is 0.227 e. The molecule has 232 valence electrons. The molecule has 0 saturated carbocycles. The summed E-state index contributed by atoms with van der Waals surface area (Å²) in [6.07, 6.45) is 2.88. The Morgan fingerprint density at radius 3 is 1.60 bits per heavy atom. The van der Waals surface area contributed by atoms with E-state index in [0.29, 0.717) is 34.8 Å². The molecule has 0 aliphatic rings. The van der Waals surface area contributed by atoms with E-state index in [1.54, 1.807) is 47.8 Å².